The number of amides is 1. The van der Waals surface area contributed by atoms with E-state index in [2.05, 4.69) is 17.4 Å². The van der Waals surface area contributed by atoms with Gasteiger partial charge in [0.05, 0.1) is 5.92 Å². The maximum Gasteiger partial charge on any atom is 0.227 e. The van der Waals surface area contributed by atoms with Crippen LogP contribution >= 0.6 is 0 Å². The molecule has 3 rings (SSSR count). The van der Waals surface area contributed by atoms with Crippen LogP contribution in [0.15, 0.2) is 24.3 Å². The van der Waals surface area contributed by atoms with Crippen molar-refractivity contribution in [2.45, 2.75) is 31.6 Å². The zero-order chi connectivity index (χ0) is 13.2. The molecule has 1 aromatic carbocycles. The molecule has 0 bridgehead atoms. The Kier molecular flexibility index (Phi) is 3.56. The lowest BCUT2D eigenvalue weighted by Gasteiger charge is -2.29. The quantitative estimate of drug-likeness (QED) is 0.867. The second-order valence-electron chi connectivity index (χ2n) is 5.83. The molecular formula is C16H21NO2. The molecule has 3 nitrogen and oxygen atoms in total. The molecule has 3 heteroatoms. The van der Waals surface area contributed by atoms with Gasteiger partial charge in [-0.2, -0.15) is 0 Å². The smallest absolute Gasteiger partial charge is 0.227 e. The lowest BCUT2D eigenvalue weighted by molar-refractivity contribution is -0.123. The third-order valence-corrected chi connectivity index (χ3v) is 4.76. The minimum Gasteiger partial charge on any atom is -0.396 e. The van der Waals surface area contributed by atoms with Gasteiger partial charge < -0.3 is 10.4 Å². The van der Waals surface area contributed by atoms with Crippen LogP contribution in [-0.4, -0.2) is 24.2 Å². The first-order valence-electron chi connectivity index (χ1n) is 7.26. The Bertz CT molecular complexity index is 472. The fourth-order valence-corrected chi connectivity index (χ4v) is 3.47. The maximum absolute atomic E-state index is 12.2. The van der Waals surface area contributed by atoms with Gasteiger partial charge in [0.15, 0.2) is 0 Å². The summed E-state index contributed by atoms with van der Waals surface area (Å²) in [6, 6.07) is 8.17. The summed E-state index contributed by atoms with van der Waals surface area (Å²) in [6.07, 6.45) is 4.28. The van der Waals surface area contributed by atoms with Crippen LogP contribution in [0.25, 0.3) is 0 Å². The lowest BCUT2D eigenvalue weighted by Crippen LogP contribution is -2.38. The van der Waals surface area contributed by atoms with E-state index in [0.717, 1.165) is 25.8 Å². The molecule has 102 valence electrons. The Morgan fingerprint density at radius 2 is 2.05 bits per heavy atom. The Morgan fingerprint density at radius 1 is 1.26 bits per heavy atom. The first-order valence-corrected chi connectivity index (χ1v) is 7.26. The monoisotopic (exact) mass is 259 g/mol. The van der Waals surface area contributed by atoms with Gasteiger partial charge in [0.1, 0.15) is 0 Å². The normalized spacial score (nSPS) is 28.6. The summed E-state index contributed by atoms with van der Waals surface area (Å²) in [7, 11) is 0. The summed E-state index contributed by atoms with van der Waals surface area (Å²) >= 11 is 0. The summed E-state index contributed by atoms with van der Waals surface area (Å²) in [5, 5.41) is 12.4. The van der Waals surface area contributed by atoms with Crippen LogP contribution in [0.2, 0.25) is 0 Å². The van der Waals surface area contributed by atoms with Gasteiger partial charge in [-0.15, -0.1) is 0 Å². The second kappa shape index (κ2) is 5.33. The molecule has 0 saturated heterocycles. The van der Waals surface area contributed by atoms with Gasteiger partial charge in [0, 0.05) is 13.2 Å². The number of hydrogen-bond donors (Lipinski definition) is 2. The lowest BCUT2D eigenvalue weighted by atomic mass is 9.77. The van der Waals surface area contributed by atoms with Crippen LogP contribution < -0.4 is 5.32 Å². The fraction of sp³-hybridized carbons (Fsp3) is 0.562. The van der Waals surface area contributed by atoms with Gasteiger partial charge in [0.25, 0.3) is 0 Å². The zero-order valence-electron chi connectivity index (χ0n) is 11.1. The third kappa shape index (κ3) is 2.39. The van der Waals surface area contributed by atoms with Crippen LogP contribution in [0.1, 0.15) is 36.3 Å². The minimum absolute atomic E-state index is 0.0465. The molecule has 2 aliphatic rings. The molecule has 19 heavy (non-hydrogen) atoms. The molecule has 1 fully saturated rings. The Hall–Kier alpha value is -1.35. The van der Waals surface area contributed by atoms with Crippen molar-refractivity contribution in [1.82, 2.24) is 5.32 Å². The van der Waals surface area contributed by atoms with E-state index in [9.17, 15) is 9.90 Å². The summed E-state index contributed by atoms with van der Waals surface area (Å²) < 4.78 is 0. The van der Waals surface area contributed by atoms with Crippen LogP contribution in [0.3, 0.4) is 0 Å². The van der Waals surface area contributed by atoms with Crippen LogP contribution in [0.5, 0.6) is 0 Å². The van der Waals surface area contributed by atoms with E-state index in [1.54, 1.807) is 0 Å². The number of hydrogen-bond acceptors (Lipinski definition) is 2. The number of aliphatic hydroxyl groups excluding tert-OH is 1. The van der Waals surface area contributed by atoms with Crippen molar-refractivity contribution in [3.05, 3.63) is 35.4 Å². The number of nitrogens with one attached hydrogen (secondary N) is 1. The van der Waals surface area contributed by atoms with Crippen molar-refractivity contribution in [2.24, 2.45) is 11.8 Å². The van der Waals surface area contributed by atoms with Crippen LogP contribution in [0.4, 0.5) is 0 Å². The summed E-state index contributed by atoms with van der Waals surface area (Å²) in [5.41, 5.74) is 2.49. The summed E-state index contributed by atoms with van der Waals surface area (Å²) in [4.78, 5) is 12.2. The van der Waals surface area contributed by atoms with E-state index in [1.165, 1.54) is 17.5 Å². The van der Waals surface area contributed by atoms with E-state index in [4.69, 9.17) is 0 Å². The van der Waals surface area contributed by atoms with Gasteiger partial charge in [-0.25, -0.2) is 0 Å². The molecule has 2 N–H and O–H groups in total. The largest absolute Gasteiger partial charge is 0.396 e. The number of aliphatic hydroxyl groups is 1. The van der Waals surface area contributed by atoms with Crippen LogP contribution in [-0.2, 0) is 11.2 Å². The fourth-order valence-electron chi connectivity index (χ4n) is 3.47. The first-order chi connectivity index (χ1) is 9.29. The average Bonchev–Trinajstić information content (AvgIpc) is 2.85. The maximum atomic E-state index is 12.2. The molecule has 1 aromatic rings. The Labute approximate surface area is 114 Å². The molecule has 1 amide bonds. The summed E-state index contributed by atoms with van der Waals surface area (Å²) in [5.74, 6) is 1.05. The molecule has 1 saturated carbocycles. The summed E-state index contributed by atoms with van der Waals surface area (Å²) in [6.45, 7) is 0.982. The molecule has 0 aromatic heterocycles. The number of carbonyl (C=O) groups is 1. The molecule has 3 unspecified atom stereocenters. The Balaban J connectivity index is 1.53. The third-order valence-electron chi connectivity index (χ3n) is 4.76. The average molecular weight is 259 g/mol. The van der Waals surface area contributed by atoms with Gasteiger partial charge >= 0.3 is 0 Å². The van der Waals surface area contributed by atoms with Gasteiger partial charge in [0.2, 0.25) is 5.91 Å². The SMILES string of the molecule is O=C(NCC1CCCC1CO)C1Cc2ccccc21. The van der Waals surface area contributed by atoms with Crippen molar-refractivity contribution >= 4 is 5.91 Å². The van der Waals surface area contributed by atoms with E-state index >= 15 is 0 Å². The van der Waals surface area contributed by atoms with E-state index in [0.29, 0.717) is 11.8 Å². The Morgan fingerprint density at radius 3 is 2.84 bits per heavy atom. The highest BCUT2D eigenvalue weighted by atomic mass is 16.3. The highest BCUT2D eigenvalue weighted by molar-refractivity contribution is 5.86. The number of fused-ring (bicyclic) bond motifs is 1. The van der Waals surface area contributed by atoms with Crippen molar-refractivity contribution < 1.29 is 9.90 Å². The molecule has 0 radical (unpaired) electrons. The number of carbonyl (C=O) groups excluding carboxylic acids is 1. The van der Waals surface area contributed by atoms with Gasteiger partial charge in [-0.3, -0.25) is 4.79 Å². The van der Waals surface area contributed by atoms with Crippen molar-refractivity contribution in [2.75, 3.05) is 13.2 Å². The van der Waals surface area contributed by atoms with Crippen molar-refractivity contribution in [1.29, 1.82) is 0 Å². The molecule has 0 heterocycles. The van der Waals surface area contributed by atoms with Crippen molar-refractivity contribution in [3.8, 4) is 0 Å². The predicted octanol–water partition coefficient (Wildman–Crippen LogP) is 1.85. The van der Waals surface area contributed by atoms with E-state index in [-0.39, 0.29) is 18.4 Å². The number of rotatable bonds is 4. The topological polar surface area (TPSA) is 49.3 Å². The molecule has 3 atom stereocenters. The van der Waals surface area contributed by atoms with Crippen LogP contribution in [0, 0.1) is 11.8 Å². The van der Waals surface area contributed by atoms with Crippen molar-refractivity contribution in [3.63, 3.8) is 0 Å². The van der Waals surface area contributed by atoms with Gasteiger partial charge in [-0.05, 0) is 42.2 Å². The molecule has 0 spiro atoms. The zero-order valence-corrected chi connectivity index (χ0v) is 11.1. The second-order valence-corrected chi connectivity index (χ2v) is 5.83. The molecular weight excluding hydrogens is 238 g/mol. The predicted molar refractivity (Wildman–Crippen MR) is 73.8 cm³/mol. The standard InChI is InChI=1S/C16H21NO2/c18-10-13-6-3-5-12(13)9-17-16(19)15-8-11-4-1-2-7-14(11)15/h1-2,4,7,12-13,15,18H,3,5-6,8-10H2,(H,17,19). The number of benzene rings is 1. The minimum atomic E-state index is 0.0465. The highest BCUT2D eigenvalue weighted by Crippen LogP contribution is 2.35. The molecule has 2 aliphatic carbocycles. The van der Waals surface area contributed by atoms with E-state index < -0.39 is 0 Å². The highest BCUT2D eigenvalue weighted by Gasteiger charge is 2.33. The molecule has 0 aliphatic heterocycles. The van der Waals surface area contributed by atoms with E-state index in [1.807, 2.05) is 12.1 Å². The van der Waals surface area contributed by atoms with Gasteiger partial charge in [-0.1, -0.05) is 30.7 Å². The first kappa shape index (κ1) is 12.7.